The molecule has 0 aromatic carbocycles. The van der Waals surface area contributed by atoms with Gasteiger partial charge in [-0.15, -0.1) is 0 Å². The van der Waals surface area contributed by atoms with Crippen LogP contribution >= 0.6 is 0 Å². The molecule has 5 heteroatoms. The standard InChI is InChI=1S/C25H38N2O3/c1-16-6-7-20-19(14-27-23(30)22-5-4-12-26-22)21(9-11-24(16,20)2)25(3)10-8-18(29)13-17(25)15-28/h4-5,12,17-21,26,28-29H,1,6-11,13-15H2,2-3H3,(H,27,30)/t17-,18+,19+,20+,21+,24-,25-/m1/s1. The van der Waals surface area contributed by atoms with E-state index in [1.807, 2.05) is 6.07 Å². The van der Waals surface area contributed by atoms with Crippen LogP contribution in [0.5, 0.6) is 0 Å². The van der Waals surface area contributed by atoms with Crippen molar-refractivity contribution in [3.05, 3.63) is 36.2 Å². The molecule has 3 fully saturated rings. The van der Waals surface area contributed by atoms with E-state index >= 15 is 0 Å². The van der Waals surface area contributed by atoms with Crippen LogP contribution in [0.25, 0.3) is 0 Å². The number of allylic oxidation sites excluding steroid dienone is 1. The third-order valence-electron chi connectivity index (χ3n) is 9.31. The summed E-state index contributed by atoms with van der Waals surface area (Å²) in [4.78, 5) is 15.7. The van der Waals surface area contributed by atoms with E-state index in [4.69, 9.17) is 0 Å². The number of nitrogens with one attached hydrogen (secondary N) is 2. The number of aromatic nitrogens is 1. The Bertz CT molecular complexity index is 775. The summed E-state index contributed by atoms with van der Waals surface area (Å²) < 4.78 is 0. The van der Waals surface area contributed by atoms with Crippen LogP contribution < -0.4 is 5.32 Å². The van der Waals surface area contributed by atoms with Gasteiger partial charge in [-0.1, -0.05) is 26.0 Å². The Labute approximate surface area is 180 Å². The Balaban J connectivity index is 1.61. The Kier molecular flexibility index (Phi) is 5.88. The van der Waals surface area contributed by atoms with Crippen molar-refractivity contribution in [3.8, 4) is 0 Å². The van der Waals surface area contributed by atoms with E-state index in [-0.39, 0.29) is 35.4 Å². The monoisotopic (exact) mass is 414 g/mol. The van der Waals surface area contributed by atoms with Crippen LogP contribution in [-0.2, 0) is 0 Å². The molecule has 0 spiro atoms. The van der Waals surface area contributed by atoms with E-state index in [9.17, 15) is 15.0 Å². The lowest BCUT2D eigenvalue weighted by Gasteiger charge is -2.56. The number of hydrogen-bond donors (Lipinski definition) is 4. The van der Waals surface area contributed by atoms with Gasteiger partial charge in [0.2, 0.25) is 0 Å². The highest BCUT2D eigenvalue weighted by Crippen LogP contribution is 2.63. The van der Waals surface area contributed by atoms with E-state index in [2.05, 4.69) is 30.7 Å². The average molecular weight is 415 g/mol. The van der Waals surface area contributed by atoms with Crippen LogP contribution in [0.1, 0.15) is 69.3 Å². The molecule has 0 saturated heterocycles. The molecule has 5 nitrogen and oxygen atoms in total. The van der Waals surface area contributed by atoms with Crippen molar-refractivity contribution in [2.24, 2.45) is 34.5 Å². The van der Waals surface area contributed by atoms with Crippen molar-refractivity contribution in [2.45, 2.75) is 64.9 Å². The van der Waals surface area contributed by atoms with E-state index in [0.29, 0.717) is 36.4 Å². The van der Waals surface area contributed by atoms with Crippen LogP contribution in [0.15, 0.2) is 30.5 Å². The number of carbonyl (C=O) groups is 1. The molecule has 30 heavy (non-hydrogen) atoms. The first-order chi connectivity index (χ1) is 14.3. The molecule has 1 aromatic rings. The smallest absolute Gasteiger partial charge is 0.267 e. The second kappa shape index (κ2) is 8.16. The first kappa shape index (κ1) is 21.6. The van der Waals surface area contributed by atoms with Gasteiger partial charge in [-0.2, -0.15) is 0 Å². The van der Waals surface area contributed by atoms with E-state index in [1.165, 1.54) is 5.57 Å². The number of carbonyl (C=O) groups excluding carboxylic acids is 1. The highest BCUT2D eigenvalue weighted by Gasteiger charge is 2.56. The molecule has 0 radical (unpaired) electrons. The Hall–Kier alpha value is -1.59. The first-order valence-electron chi connectivity index (χ1n) is 11.7. The minimum atomic E-state index is -0.304. The molecular formula is C25H38N2O3. The quantitative estimate of drug-likeness (QED) is 0.551. The number of rotatable bonds is 5. The summed E-state index contributed by atoms with van der Waals surface area (Å²) in [5.41, 5.74) is 2.11. The maximum Gasteiger partial charge on any atom is 0.267 e. The fourth-order valence-electron chi connectivity index (χ4n) is 7.24. The van der Waals surface area contributed by atoms with Gasteiger partial charge in [-0.3, -0.25) is 4.79 Å². The third-order valence-corrected chi connectivity index (χ3v) is 9.31. The predicted octanol–water partition coefficient (Wildman–Crippen LogP) is 3.90. The minimum absolute atomic E-state index is 0.0128. The average Bonchev–Trinajstić information content (AvgIpc) is 3.37. The summed E-state index contributed by atoms with van der Waals surface area (Å²) >= 11 is 0. The lowest BCUT2D eigenvalue weighted by molar-refractivity contribution is -0.0928. The number of amides is 1. The van der Waals surface area contributed by atoms with Gasteiger partial charge in [0.15, 0.2) is 0 Å². The number of aliphatic hydroxyl groups is 2. The maximum absolute atomic E-state index is 12.7. The fourth-order valence-corrected chi connectivity index (χ4v) is 7.24. The largest absolute Gasteiger partial charge is 0.396 e. The van der Waals surface area contributed by atoms with Gasteiger partial charge in [0, 0.05) is 19.3 Å². The molecule has 4 rings (SSSR count). The molecule has 166 valence electrons. The molecular weight excluding hydrogens is 376 g/mol. The van der Waals surface area contributed by atoms with E-state index < -0.39 is 0 Å². The number of H-pyrrole nitrogens is 1. The molecule has 0 unspecified atom stereocenters. The molecule has 3 aliphatic rings. The third kappa shape index (κ3) is 3.54. The number of fused-ring (bicyclic) bond motifs is 1. The molecule has 4 N–H and O–H groups in total. The highest BCUT2D eigenvalue weighted by atomic mass is 16.3. The highest BCUT2D eigenvalue weighted by molar-refractivity contribution is 5.92. The molecule has 0 aliphatic heterocycles. The topological polar surface area (TPSA) is 85.4 Å². The van der Waals surface area contributed by atoms with E-state index in [0.717, 1.165) is 38.5 Å². The molecule has 7 atom stereocenters. The predicted molar refractivity (Wildman–Crippen MR) is 118 cm³/mol. The molecule has 1 amide bonds. The number of hydrogen-bond acceptors (Lipinski definition) is 3. The van der Waals surface area contributed by atoms with E-state index in [1.54, 1.807) is 12.3 Å². The second-order valence-corrected chi connectivity index (χ2v) is 10.6. The summed E-state index contributed by atoms with van der Waals surface area (Å²) in [6, 6.07) is 3.65. The first-order valence-corrected chi connectivity index (χ1v) is 11.7. The van der Waals surface area contributed by atoms with Crippen molar-refractivity contribution in [1.82, 2.24) is 10.3 Å². The van der Waals surface area contributed by atoms with Gasteiger partial charge >= 0.3 is 0 Å². The Morgan fingerprint density at radius 1 is 1.27 bits per heavy atom. The summed E-state index contributed by atoms with van der Waals surface area (Å²) in [6.45, 7) is 9.90. The van der Waals surface area contributed by atoms with Crippen LogP contribution in [0.2, 0.25) is 0 Å². The SMILES string of the molecule is C=C1CC[C@H]2[C@H](CNC(=O)c3ccc[nH]3)[C@@H]([C@]3(C)CC[C@H](O)C[C@@H]3CO)CC[C@]12C. The lowest BCUT2D eigenvalue weighted by Crippen LogP contribution is -2.53. The lowest BCUT2D eigenvalue weighted by atomic mass is 9.49. The van der Waals surface area contributed by atoms with Crippen LogP contribution in [-0.4, -0.2) is 40.4 Å². The summed E-state index contributed by atoms with van der Waals surface area (Å²) in [5.74, 6) is 1.36. The fraction of sp³-hybridized carbons (Fsp3) is 0.720. The molecule has 3 aliphatic carbocycles. The van der Waals surface area contributed by atoms with Gasteiger partial charge in [0.25, 0.3) is 5.91 Å². The zero-order chi connectivity index (χ0) is 21.5. The zero-order valence-electron chi connectivity index (χ0n) is 18.5. The Morgan fingerprint density at radius 2 is 2.07 bits per heavy atom. The van der Waals surface area contributed by atoms with Crippen molar-refractivity contribution in [1.29, 1.82) is 0 Å². The van der Waals surface area contributed by atoms with Crippen molar-refractivity contribution < 1.29 is 15.0 Å². The summed E-state index contributed by atoms with van der Waals surface area (Å²) in [5, 5.41) is 23.6. The summed E-state index contributed by atoms with van der Waals surface area (Å²) in [6.07, 6.45) is 8.34. The number of aliphatic hydroxyl groups excluding tert-OH is 2. The van der Waals surface area contributed by atoms with Gasteiger partial charge in [0.05, 0.1) is 6.10 Å². The maximum atomic E-state index is 12.7. The van der Waals surface area contributed by atoms with Gasteiger partial charge < -0.3 is 20.5 Å². The van der Waals surface area contributed by atoms with Crippen molar-refractivity contribution in [2.75, 3.05) is 13.2 Å². The van der Waals surface area contributed by atoms with Crippen molar-refractivity contribution in [3.63, 3.8) is 0 Å². The molecule has 1 heterocycles. The molecule has 0 bridgehead atoms. The normalized spacial score (nSPS) is 41.5. The van der Waals surface area contributed by atoms with Crippen LogP contribution in [0.4, 0.5) is 0 Å². The van der Waals surface area contributed by atoms with Crippen molar-refractivity contribution >= 4 is 5.91 Å². The van der Waals surface area contributed by atoms with Crippen LogP contribution in [0.3, 0.4) is 0 Å². The summed E-state index contributed by atoms with van der Waals surface area (Å²) in [7, 11) is 0. The zero-order valence-corrected chi connectivity index (χ0v) is 18.5. The van der Waals surface area contributed by atoms with Gasteiger partial charge in [-0.25, -0.2) is 0 Å². The molecule has 1 aromatic heterocycles. The van der Waals surface area contributed by atoms with Gasteiger partial charge in [0.1, 0.15) is 5.69 Å². The number of aromatic amines is 1. The van der Waals surface area contributed by atoms with Crippen LogP contribution in [0, 0.1) is 34.5 Å². The van der Waals surface area contributed by atoms with Gasteiger partial charge in [-0.05, 0) is 91.6 Å². The Morgan fingerprint density at radius 3 is 2.77 bits per heavy atom. The second-order valence-electron chi connectivity index (χ2n) is 10.6. The minimum Gasteiger partial charge on any atom is -0.396 e. The molecule has 3 saturated carbocycles.